The van der Waals surface area contributed by atoms with Crippen LogP contribution in [0.3, 0.4) is 0 Å². The highest BCUT2D eigenvalue weighted by Gasteiger charge is 2.21. The Morgan fingerprint density at radius 3 is 1.65 bits per heavy atom. The third-order valence-electron chi connectivity index (χ3n) is 5.28. The summed E-state index contributed by atoms with van der Waals surface area (Å²) in [4.78, 5) is 6.91. The molecule has 2 heterocycles. The molecular formula is C24H20N2. The summed E-state index contributed by atoms with van der Waals surface area (Å²) < 4.78 is 0. The van der Waals surface area contributed by atoms with Crippen LogP contribution in [0.4, 0.5) is 0 Å². The number of fused-ring (bicyclic) bond motifs is 2. The first-order valence-electron chi connectivity index (χ1n) is 9.06. The Morgan fingerprint density at radius 1 is 0.577 bits per heavy atom. The lowest BCUT2D eigenvalue weighted by Gasteiger charge is -2.17. The highest BCUT2D eigenvalue weighted by Crippen LogP contribution is 2.36. The van der Waals surface area contributed by atoms with Crippen LogP contribution in [0.1, 0.15) is 22.6 Å². The van der Waals surface area contributed by atoms with Crippen molar-refractivity contribution in [2.45, 2.75) is 12.3 Å². The summed E-state index contributed by atoms with van der Waals surface area (Å²) in [6.45, 7) is 0. The van der Waals surface area contributed by atoms with Crippen LogP contribution < -0.4 is 0 Å². The largest absolute Gasteiger partial charge is 0.361 e. The molecule has 126 valence electrons. The van der Waals surface area contributed by atoms with Gasteiger partial charge in [-0.15, -0.1) is 0 Å². The molecule has 0 amide bonds. The maximum Gasteiger partial charge on any atom is 0.0457 e. The van der Waals surface area contributed by atoms with E-state index in [-0.39, 0.29) is 0 Å². The zero-order valence-electron chi connectivity index (χ0n) is 14.4. The van der Waals surface area contributed by atoms with Gasteiger partial charge in [0, 0.05) is 40.1 Å². The zero-order chi connectivity index (χ0) is 17.3. The molecule has 0 aliphatic rings. The molecule has 0 spiro atoms. The van der Waals surface area contributed by atoms with Gasteiger partial charge in [0.25, 0.3) is 0 Å². The number of rotatable bonds is 4. The minimum atomic E-state index is 0.296. The fraction of sp³-hybridized carbons (Fsp3) is 0.0833. The predicted octanol–water partition coefficient (Wildman–Crippen LogP) is 6.02. The van der Waals surface area contributed by atoms with Crippen molar-refractivity contribution < 1.29 is 0 Å². The zero-order valence-corrected chi connectivity index (χ0v) is 14.4. The van der Waals surface area contributed by atoms with E-state index in [1.807, 2.05) is 0 Å². The molecule has 0 aliphatic carbocycles. The van der Waals surface area contributed by atoms with E-state index in [0.717, 1.165) is 6.42 Å². The van der Waals surface area contributed by atoms with Crippen LogP contribution in [0.15, 0.2) is 91.3 Å². The van der Waals surface area contributed by atoms with Crippen LogP contribution in [-0.4, -0.2) is 9.97 Å². The van der Waals surface area contributed by atoms with Crippen molar-refractivity contribution in [2.24, 2.45) is 0 Å². The van der Waals surface area contributed by atoms with Crippen molar-refractivity contribution in [3.63, 3.8) is 0 Å². The molecule has 2 aromatic heterocycles. The monoisotopic (exact) mass is 336 g/mol. The van der Waals surface area contributed by atoms with Gasteiger partial charge in [0.05, 0.1) is 0 Å². The Bertz CT molecular complexity index is 1090. The SMILES string of the molecule is c1ccc(CC(c2c[nH]c3ccccc23)c2c[nH]c3ccccc23)cc1. The molecule has 3 aromatic carbocycles. The number of aromatic nitrogens is 2. The summed E-state index contributed by atoms with van der Waals surface area (Å²) >= 11 is 0. The standard InChI is InChI=1S/C24H20N2/c1-2-8-17(9-3-1)14-20(21-15-25-23-12-6-4-10-18(21)23)22-16-26-24-13-7-5-11-19(22)24/h1-13,15-16,20,25-26H,14H2. The van der Waals surface area contributed by atoms with Gasteiger partial charge in [0.2, 0.25) is 0 Å². The molecular weight excluding hydrogens is 316 g/mol. The number of benzene rings is 3. The molecule has 0 radical (unpaired) electrons. The maximum absolute atomic E-state index is 3.45. The van der Waals surface area contributed by atoms with Gasteiger partial charge in [-0.3, -0.25) is 0 Å². The topological polar surface area (TPSA) is 31.6 Å². The van der Waals surface area contributed by atoms with E-state index in [9.17, 15) is 0 Å². The van der Waals surface area contributed by atoms with Gasteiger partial charge < -0.3 is 9.97 Å². The predicted molar refractivity (Wildman–Crippen MR) is 109 cm³/mol. The quantitative estimate of drug-likeness (QED) is 0.402. The fourth-order valence-corrected chi connectivity index (χ4v) is 4.00. The van der Waals surface area contributed by atoms with Crippen molar-refractivity contribution in [3.05, 3.63) is 108 Å². The van der Waals surface area contributed by atoms with E-state index >= 15 is 0 Å². The normalized spacial score (nSPS) is 11.6. The summed E-state index contributed by atoms with van der Waals surface area (Å²) in [5.74, 6) is 0.296. The minimum Gasteiger partial charge on any atom is -0.361 e. The molecule has 2 nitrogen and oxygen atoms in total. The van der Waals surface area contributed by atoms with E-state index in [1.165, 1.54) is 38.5 Å². The lowest BCUT2D eigenvalue weighted by Crippen LogP contribution is -2.04. The Morgan fingerprint density at radius 2 is 1.08 bits per heavy atom. The Kier molecular flexibility index (Phi) is 3.60. The van der Waals surface area contributed by atoms with Crippen LogP contribution >= 0.6 is 0 Å². The number of para-hydroxylation sites is 2. The smallest absolute Gasteiger partial charge is 0.0457 e. The second kappa shape index (κ2) is 6.23. The Labute approximate surface area is 152 Å². The maximum atomic E-state index is 3.45. The molecule has 0 aliphatic heterocycles. The van der Waals surface area contributed by atoms with Crippen LogP contribution in [0.5, 0.6) is 0 Å². The fourth-order valence-electron chi connectivity index (χ4n) is 4.00. The third-order valence-corrected chi connectivity index (χ3v) is 5.28. The van der Waals surface area contributed by atoms with E-state index in [4.69, 9.17) is 0 Å². The molecule has 2 heteroatoms. The lowest BCUT2D eigenvalue weighted by molar-refractivity contribution is 0.818. The Hall–Kier alpha value is -3.26. The summed E-state index contributed by atoms with van der Waals surface area (Å²) in [6, 6.07) is 27.9. The summed E-state index contributed by atoms with van der Waals surface area (Å²) in [5.41, 5.74) is 6.46. The molecule has 0 saturated carbocycles. The van der Waals surface area contributed by atoms with Gasteiger partial charge in [-0.1, -0.05) is 66.7 Å². The van der Waals surface area contributed by atoms with E-state index in [1.54, 1.807) is 0 Å². The molecule has 5 rings (SSSR count). The number of H-pyrrole nitrogens is 2. The van der Waals surface area contributed by atoms with Gasteiger partial charge >= 0.3 is 0 Å². The molecule has 0 fully saturated rings. The number of hydrogen-bond donors (Lipinski definition) is 2. The third kappa shape index (κ3) is 2.51. The Balaban J connectivity index is 1.70. The van der Waals surface area contributed by atoms with E-state index in [0.29, 0.717) is 5.92 Å². The van der Waals surface area contributed by atoms with Gasteiger partial charge in [-0.2, -0.15) is 0 Å². The number of aromatic amines is 2. The highest BCUT2D eigenvalue weighted by atomic mass is 14.7. The first kappa shape index (κ1) is 15.0. The average molecular weight is 336 g/mol. The van der Waals surface area contributed by atoms with Crippen LogP contribution in [-0.2, 0) is 6.42 Å². The van der Waals surface area contributed by atoms with Crippen molar-refractivity contribution in [2.75, 3.05) is 0 Å². The average Bonchev–Trinajstić information content (AvgIpc) is 3.32. The molecule has 26 heavy (non-hydrogen) atoms. The van der Waals surface area contributed by atoms with Gasteiger partial charge in [-0.05, 0) is 35.2 Å². The van der Waals surface area contributed by atoms with E-state index in [2.05, 4.69) is 101 Å². The lowest BCUT2D eigenvalue weighted by atomic mass is 9.85. The summed E-state index contributed by atoms with van der Waals surface area (Å²) in [5, 5.41) is 2.61. The van der Waals surface area contributed by atoms with Gasteiger partial charge in [0.1, 0.15) is 0 Å². The summed E-state index contributed by atoms with van der Waals surface area (Å²) in [7, 11) is 0. The first-order valence-corrected chi connectivity index (χ1v) is 9.06. The second-order valence-electron chi connectivity index (χ2n) is 6.82. The van der Waals surface area contributed by atoms with Crippen LogP contribution in [0.25, 0.3) is 21.8 Å². The van der Waals surface area contributed by atoms with Crippen molar-refractivity contribution in [1.82, 2.24) is 9.97 Å². The van der Waals surface area contributed by atoms with Gasteiger partial charge in [-0.25, -0.2) is 0 Å². The molecule has 0 unspecified atom stereocenters. The van der Waals surface area contributed by atoms with Crippen molar-refractivity contribution >= 4 is 21.8 Å². The molecule has 0 bridgehead atoms. The highest BCUT2D eigenvalue weighted by molar-refractivity contribution is 5.88. The molecule has 0 atom stereocenters. The first-order chi connectivity index (χ1) is 12.9. The van der Waals surface area contributed by atoms with Crippen molar-refractivity contribution in [3.8, 4) is 0 Å². The number of nitrogens with one attached hydrogen (secondary N) is 2. The second-order valence-corrected chi connectivity index (χ2v) is 6.82. The molecule has 5 aromatic rings. The summed E-state index contributed by atoms with van der Waals surface area (Å²) in [6.07, 6.45) is 5.34. The number of hydrogen-bond acceptors (Lipinski definition) is 0. The molecule has 2 N–H and O–H groups in total. The minimum absolute atomic E-state index is 0.296. The van der Waals surface area contributed by atoms with Crippen LogP contribution in [0, 0.1) is 0 Å². The molecule has 0 saturated heterocycles. The van der Waals surface area contributed by atoms with Crippen LogP contribution in [0.2, 0.25) is 0 Å². The van der Waals surface area contributed by atoms with Crippen molar-refractivity contribution in [1.29, 1.82) is 0 Å². The van der Waals surface area contributed by atoms with Gasteiger partial charge in [0.15, 0.2) is 0 Å². The van der Waals surface area contributed by atoms with E-state index < -0.39 is 0 Å².